The second-order valence-corrected chi connectivity index (χ2v) is 8.03. The fourth-order valence-corrected chi connectivity index (χ4v) is 3.68. The van der Waals surface area contributed by atoms with Crippen LogP contribution in [0.25, 0.3) is 0 Å². The topological polar surface area (TPSA) is 46.2 Å². The predicted octanol–water partition coefficient (Wildman–Crippen LogP) is 2.53. The monoisotopic (exact) mass is 273 g/mol. The van der Waals surface area contributed by atoms with Gasteiger partial charge in [0.2, 0.25) is 0 Å². The highest BCUT2D eigenvalue weighted by molar-refractivity contribution is 7.91. The van der Waals surface area contributed by atoms with Gasteiger partial charge < -0.3 is 5.32 Å². The maximum absolute atomic E-state index is 11.5. The minimum atomic E-state index is -2.85. The number of nitrogens with one attached hydrogen (secondary N) is 1. The molecule has 0 bridgehead atoms. The van der Waals surface area contributed by atoms with Crippen LogP contribution in [-0.4, -0.2) is 32.5 Å². The molecule has 1 N–H and O–H groups in total. The number of rotatable bonds is 6. The lowest BCUT2D eigenvalue weighted by Gasteiger charge is -2.25. The molecule has 106 valence electrons. The van der Waals surface area contributed by atoms with Gasteiger partial charge in [-0.2, -0.15) is 0 Å². The summed E-state index contributed by atoms with van der Waals surface area (Å²) in [7, 11) is -2.85. The van der Waals surface area contributed by atoms with Crippen molar-refractivity contribution < 1.29 is 8.42 Å². The molecule has 0 aromatic heterocycles. The van der Waals surface area contributed by atoms with E-state index >= 15 is 0 Å². The van der Waals surface area contributed by atoms with E-state index in [-0.39, 0.29) is 5.25 Å². The molecule has 4 heteroatoms. The van der Waals surface area contributed by atoms with Crippen molar-refractivity contribution in [1.82, 2.24) is 5.32 Å². The van der Waals surface area contributed by atoms with E-state index in [1.165, 1.54) is 6.26 Å². The minimum Gasteiger partial charge on any atom is -0.314 e. The third-order valence-corrected chi connectivity index (χ3v) is 5.18. The Morgan fingerprint density at radius 1 is 1.33 bits per heavy atom. The fourth-order valence-electron chi connectivity index (χ4n) is 2.49. The van der Waals surface area contributed by atoms with Crippen molar-refractivity contribution in [2.75, 3.05) is 12.8 Å². The van der Waals surface area contributed by atoms with Gasteiger partial charge in [0.15, 0.2) is 0 Å². The van der Waals surface area contributed by atoms with Gasteiger partial charge in [0.1, 0.15) is 9.84 Å². The molecule has 0 saturated heterocycles. The normalized spacial score (nSPS) is 26.0. The van der Waals surface area contributed by atoms with E-state index in [0.29, 0.717) is 12.0 Å². The highest BCUT2D eigenvalue weighted by atomic mass is 32.2. The molecular weight excluding hydrogens is 246 g/mol. The maximum atomic E-state index is 11.5. The van der Waals surface area contributed by atoms with Gasteiger partial charge in [-0.25, -0.2) is 8.42 Å². The Morgan fingerprint density at radius 3 is 2.67 bits per heavy atom. The van der Waals surface area contributed by atoms with Crippen LogP contribution in [0.5, 0.6) is 0 Å². The summed E-state index contributed by atoms with van der Waals surface area (Å²) in [5.41, 5.74) is 0. The summed E-state index contributed by atoms with van der Waals surface area (Å²) in [5.74, 6) is 0.456. The smallest absolute Gasteiger partial charge is 0.150 e. The summed E-state index contributed by atoms with van der Waals surface area (Å²) in [4.78, 5) is 0. The zero-order valence-corrected chi connectivity index (χ0v) is 12.7. The SMILES string of the molecule is CC(C)NCC/C=C/C1CCCC(S(C)(=O)=O)C1. The van der Waals surface area contributed by atoms with Crippen molar-refractivity contribution in [3.63, 3.8) is 0 Å². The number of allylic oxidation sites excluding steroid dienone is 1. The summed E-state index contributed by atoms with van der Waals surface area (Å²) in [6, 6.07) is 0.530. The average Bonchev–Trinajstić information content (AvgIpc) is 2.27. The lowest BCUT2D eigenvalue weighted by molar-refractivity contribution is 0.413. The molecule has 2 unspecified atom stereocenters. The Kier molecular flexibility index (Phi) is 6.36. The average molecular weight is 273 g/mol. The molecule has 0 amide bonds. The lowest BCUT2D eigenvalue weighted by atomic mass is 9.88. The van der Waals surface area contributed by atoms with E-state index in [2.05, 4.69) is 31.3 Å². The van der Waals surface area contributed by atoms with Crippen LogP contribution in [0.4, 0.5) is 0 Å². The fraction of sp³-hybridized carbons (Fsp3) is 0.857. The van der Waals surface area contributed by atoms with Gasteiger partial charge in [-0.15, -0.1) is 0 Å². The molecule has 1 rings (SSSR count). The Hall–Kier alpha value is -0.350. The first-order valence-electron chi connectivity index (χ1n) is 6.98. The summed E-state index contributed by atoms with van der Waals surface area (Å²) in [6.45, 7) is 5.28. The zero-order chi connectivity index (χ0) is 13.6. The highest BCUT2D eigenvalue weighted by Crippen LogP contribution is 2.29. The highest BCUT2D eigenvalue weighted by Gasteiger charge is 2.27. The van der Waals surface area contributed by atoms with Gasteiger partial charge in [-0.1, -0.05) is 32.4 Å². The molecule has 0 aromatic rings. The van der Waals surface area contributed by atoms with E-state index in [1.807, 2.05) is 0 Å². The van der Waals surface area contributed by atoms with Crippen LogP contribution in [0, 0.1) is 5.92 Å². The Morgan fingerprint density at radius 2 is 2.06 bits per heavy atom. The van der Waals surface area contributed by atoms with E-state index in [1.54, 1.807) is 0 Å². The molecule has 0 aliphatic heterocycles. The molecule has 0 radical (unpaired) electrons. The molecule has 1 aliphatic rings. The van der Waals surface area contributed by atoms with Crippen LogP contribution in [0.2, 0.25) is 0 Å². The molecule has 18 heavy (non-hydrogen) atoms. The molecule has 1 fully saturated rings. The van der Waals surface area contributed by atoms with Crippen molar-refractivity contribution >= 4 is 9.84 Å². The van der Waals surface area contributed by atoms with Gasteiger partial charge in [-0.3, -0.25) is 0 Å². The second-order valence-electron chi connectivity index (χ2n) is 5.70. The van der Waals surface area contributed by atoms with Crippen LogP contribution in [0.3, 0.4) is 0 Å². The van der Waals surface area contributed by atoms with Crippen molar-refractivity contribution in [3.05, 3.63) is 12.2 Å². The third kappa shape index (κ3) is 6.01. The van der Waals surface area contributed by atoms with Crippen molar-refractivity contribution in [2.45, 2.75) is 57.2 Å². The lowest BCUT2D eigenvalue weighted by Crippen LogP contribution is -2.26. The summed E-state index contributed by atoms with van der Waals surface area (Å²) < 4.78 is 23.1. The molecular formula is C14H27NO2S. The first-order chi connectivity index (χ1) is 8.39. The second kappa shape index (κ2) is 7.29. The van der Waals surface area contributed by atoms with Crippen molar-refractivity contribution in [1.29, 1.82) is 0 Å². The van der Waals surface area contributed by atoms with E-state index in [9.17, 15) is 8.42 Å². The van der Waals surface area contributed by atoms with Crippen LogP contribution in [0.1, 0.15) is 46.0 Å². The van der Waals surface area contributed by atoms with Crippen molar-refractivity contribution in [2.24, 2.45) is 5.92 Å². The first kappa shape index (κ1) is 15.7. The largest absolute Gasteiger partial charge is 0.314 e. The molecule has 0 spiro atoms. The molecule has 0 heterocycles. The Balaban J connectivity index is 2.32. The zero-order valence-electron chi connectivity index (χ0n) is 11.9. The van der Waals surface area contributed by atoms with Gasteiger partial charge >= 0.3 is 0 Å². The van der Waals surface area contributed by atoms with Crippen LogP contribution in [-0.2, 0) is 9.84 Å². The predicted molar refractivity (Wildman–Crippen MR) is 77.5 cm³/mol. The standard InChI is InChI=1S/C14H27NO2S/c1-12(2)15-10-5-4-7-13-8-6-9-14(11-13)18(3,16)17/h4,7,12-15H,5-6,8-11H2,1-3H3/b7-4+. The van der Waals surface area contributed by atoms with Gasteiger partial charge in [0.25, 0.3) is 0 Å². The summed E-state index contributed by atoms with van der Waals surface area (Å²) in [6.07, 6.45) is 10.7. The molecule has 2 atom stereocenters. The van der Waals surface area contributed by atoms with Gasteiger partial charge in [0.05, 0.1) is 5.25 Å². The number of hydrogen-bond donors (Lipinski definition) is 1. The molecule has 1 aliphatic carbocycles. The van der Waals surface area contributed by atoms with Crippen LogP contribution < -0.4 is 5.32 Å². The van der Waals surface area contributed by atoms with E-state index < -0.39 is 9.84 Å². The van der Waals surface area contributed by atoms with Gasteiger partial charge in [0, 0.05) is 12.3 Å². The van der Waals surface area contributed by atoms with E-state index in [4.69, 9.17) is 0 Å². The minimum absolute atomic E-state index is 0.116. The molecule has 1 saturated carbocycles. The van der Waals surface area contributed by atoms with Crippen LogP contribution in [0.15, 0.2) is 12.2 Å². The maximum Gasteiger partial charge on any atom is 0.150 e. The Labute approximate surface area is 112 Å². The van der Waals surface area contributed by atoms with E-state index in [0.717, 1.165) is 38.6 Å². The first-order valence-corrected chi connectivity index (χ1v) is 8.94. The molecule has 3 nitrogen and oxygen atoms in total. The summed E-state index contributed by atoms with van der Waals surface area (Å²) >= 11 is 0. The quantitative estimate of drug-likeness (QED) is 0.597. The van der Waals surface area contributed by atoms with Crippen LogP contribution >= 0.6 is 0 Å². The van der Waals surface area contributed by atoms with Crippen molar-refractivity contribution in [3.8, 4) is 0 Å². The number of sulfone groups is 1. The Bertz CT molecular complexity index is 360. The summed E-state index contributed by atoms with van der Waals surface area (Å²) in [5, 5.41) is 3.25. The van der Waals surface area contributed by atoms with Gasteiger partial charge in [-0.05, 0) is 38.1 Å². The molecule has 0 aromatic carbocycles. The third-order valence-electron chi connectivity index (χ3n) is 3.54. The number of hydrogen-bond acceptors (Lipinski definition) is 3.